The maximum Gasteiger partial charge on any atom is 0.253 e. The lowest BCUT2D eigenvalue weighted by atomic mass is 10.1. The fourth-order valence-corrected chi connectivity index (χ4v) is 2.23. The third-order valence-electron chi connectivity index (χ3n) is 3.61. The minimum atomic E-state index is -0.00148. The molecule has 0 radical (unpaired) electrons. The first kappa shape index (κ1) is 15.1. The van der Waals surface area contributed by atoms with Crippen LogP contribution in [0.2, 0.25) is 0 Å². The molecule has 21 heavy (non-hydrogen) atoms. The quantitative estimate of drug-likeness (QED) is 0.857. The number of hydrogen-bond acceptors (Lipinski definition) is 4. The largest absolute Gasteiger partial charge is 0.508 e. The molecular weight excluding hydrogens is 266 g/mol. The lowest BCUT2D eigenvalue weighted by Crippen LogP contribution is -2.48. The predicted molar refractivity (Wildman–Crippen MR) is 79.8 cm³/mol. The van der Waals surface area contributed by atoms with Gasteiger partial charge in [-0.15, -0.1) is 0 Å². The number of amides is 1. The molecule has 1 aromatic carbocycles. The van der Waals surface area contributed by atoms with Crippen LogP contribution < -0.4 is 0 Å². The average molecular weight is 285 g/mol. The highest BCUT2D eigenvalue weighted by Gasteiger charge is 2.21. The fourth-order valence-electron chi connectivity index (χ4n) is 2.23. The highest BCUT2D eigenvalue weighted by Crippen LogP contribution is 2.13. The number of hydrogen-bond donors (Lipinski definition) is 1. The first-order valence-corrected chi connectivity index (χ1v) is 6.97. The zero-order valence-electron chi connectivity index (χ0n) is 12.1. The van der Waals surface area contributed by atoms with Crippen LogP contribution in [0, 0.1) is 11.3 Å². The molecule has 1 fully saturated rings. The molecule has 0 bridgehead atoms. The van der Waals surface area contributed by atoms with Crippen LogP contribution in [-0.4, -0.2) is 53.5 Å². The van der Waals surface area contributed by atoms with Crippen LogP contribution in [0.25, 0.3) is 0 Å². The van der Waals surface area contributed by atoms with Crippen molar-refractivity contribution in [2.24, 2.45) is 0 Å². The fraction of sp³-hybridized carbons (Fsp3) is 0.375. The van der Waals surface area contributed by atoms with Crippen LogP contribution in [-0.2, 0) is 0 Å². The standard InChI is InChI=1S/C16H19N3O2/c1-13(12-17)6-7-18-8-10-19(11-9-18)16(21)14-2-4-15(20)5-3-14/h2-6,20H,7-11H2,1H3. The molecule has 1 aliphatic heterocycles. The molecule has 0 aromatic heterocycles. The van der Waals surface area contributed by atoms with Crippen LogP contribution >= 0.6 is 0 Å². The van der Waals surface area contributed by atoms with Crippen molar-refractivity contribution >= 4 is 5.91 Å². The smallest absolute Gasteiger partial charge is 0.253 e. The van der Waals surface area contributed by atoms with Crippen molar-refractivity contribution in [2.45, 2.75) is 6.92 Å². The molecule has 2 rings (SSSR count). The molecule has 5 heteroatoms. The number of piperazine rings is 1. The molecule has 110 valence electrons. The van der Waals surface area contributed by atoms with Gasteiger partial charge in [0, 0.05) is 43.9 Å². The van der Waals surface area contributed by atoms with Crippen molar-refractivity contribution in [3.8, 4) is 11.8 Å². The van der Waals surface area contributed by atoms with Crippen molar-refractivity contribution in [3.05, 3.63) is 41.5 Å². The highest BCUT2D eigenvalue weighted by molar-refractivity contribution is 5.94. The maximum atomic E-state index is 12.3. The molecule has 0 unspecified atom stereocenters. The molecule has 5 nitrogen and oxygen atoms in total. The van der Waals surface area contributed by atoms with Crippen molar-refractivity contribution in [3.63, 3.8) is 0 Å². The average Bonchev–Trinajstić information content (AvgIpc) is 2.53. The van der Waals surface area contributed by atoms with Crippen LogP contribution in [0.4, 0.5) is 0 Å². The Morgan fingerprint density at radius 3 is 2.48 bits per heavy atom. The second kappa shape index (κ2) is 6.91. The van der Waals surface area contributed by atoms with E-state index in [1.165, 1.54) is 12.1 Å². The van der Waals surface area contributed by atoms with E-state index in [0.717, 1.165) is 25.2 Å². The number of nitrogens with zero attached hydrogens (tertiary/aromatic N) is 3. The molecule has 0 aliphatic carbocycles. The van der Waals surface area contributed by atoms with Crippen molar-refractivity contribution < 1.29 is 9.90 Å². The van der Waals surface area contributed by atoms with Crippen LogP contribution in [0.3, 0.4) is 0 Å². The summed E-state index contributed by atoms with van der Waals surface area (Å²) in [4.78, 5) is 16.3. The molecule has 0 atom stereocenters. The number of phenols is 1. The molecule has 1 amide bonds. The Kier molecular flexibility index (Phi) is 4.96. The van der Waals surface area contributed by atoms with Gasteiger partial charge in [0.15, 0.2) is 0 Å². The number of aromatic hydroxyl groups is 1. The van der Waals surface area contributed by atoms with Crippen molar-refractivity contribution in [1.29, 1.82) is 5.26 Å². The summed E-state index contributed by atoms with van der Waals surface area (Å²) in [5, 5.41) is 18.0. The summed E-state index contributed by atoms with van der Waals surface area (Å²) in [6, 6.07) is 8.44. The predicted octanol–water partition coefficient (Wildman–Crippen LogP) is 1.62. The molecule has 1 aromatic rings. The first-order valence-electron chi connectivity index (χ1n) is 6.97. The van der Waals surface area contributed by atoms with E-state index in [4.69, 9.17) is 5.26 Å². The molecule has 1 saturated heterocycles. The Labute approximate surface area is 124 Å². The Balaban J connectivity index is 1.88. The number of rotatable bonds is 3. The van der Waals surface area contributed by atoms with E-state index in [-0.39, 0.29) is 11.7 Å². The van der Waals surface area contributed by atoms with E-state index < -0.39 is 0 Å². The maximum absolute atomic E-state index is 12.3. The normalized spacial score (nSPS) is 16.6. The van der Waals surface area contributed by atoms with Gasteiger partial charge in [-0.3, -0.25) is 9.69 Å². The Bertz CT molecular complexity index is 564. The lowest BCUT2D eigenvalue weighted by Gasteiger charge is -2.34. The van der Waals surface area contributed by atoms with Crippen molar-refractivity contribution in [2.75, 3.05) is 32.7 Å². The summed E-state index contributed by atoms with van der Waals surface area (Å²) in [5.41, 5.74) is 1.32. The van der Waals surface area contributed by atoms with Gasteiger partial charge < -0.3 is 10.0 Å². The monoisotopic (exact) mass is 285 g/mol. The van der Waals surface area contributed by atoms with E-state index >= 15 is 0 Å². The van der Waals surface area contributed by atoms with Gasteiger partial charge in [-0.1, -0.05) is 6.08 Å². The van der Waals surface area contributed by atoms with Crippen molar-refractivity contribution in [1.82, 2.24) is 9.80 Å². The van der Waals surface area contributed by atoms with Gasteiger partial charge in [0.2, 0.25) is 0 Å². The second-order valence-electron chi connectivity index (χ2n) is 5.14. The summed E-state index contributed by atoms with van der Waals surface area (Å²) in [7, 11) is 0. The summed E-state index contributed by atoms with van der Waals surface area (Å²) in [6.07, 6.45) is 1.91. The van der Waals surface area contributed by atoms with Gasteiger partial charge in [0.1, 0.15) is 5.75 Å². The van der Waals surface area contributed by atoms with Gasteiger partial charge in [-0.25, -0.2) is 0 Å². The summed E-state index contributed by atoms with van der Waals surface area (Å²) < 4.78 is 0. The topological polar surface area (TPSA) is 67.6 Å². The number of carbonyl (C=O) groups is 1. The molecular formula is C16H19N3O2. The molecule has 0 spiro atoms. The van der Waals surface area contributed by atoms with Gasteiger partial charge >= 0.3 is 0 Å². The number of phenolic OH excluding ortho intramolecular Hbond substituents is 1. The van der Waals surface area contributed by atoms with Crippen LogP contribution in [0.1, 0.15) is 17.3 Å². The minimum absolute atomic E-state index is 0.00148. The molecule has 0 saturated carbocycles. The van der Waals surface area contributed by atoms with E-state index in [0.29, 0.717) is 18.7 Å². The third-order valence-corrected chi connectivity index (χ3v) is 3.61. The van der Waals surface area contributed by atoms with E-state index in [9.17, 15) is 9.90 Å². The van der Waals surface area contributed by atoms with Gasteiger partial charge in [0.05, 0.1) is 6.07 Å². The van der Waals surface area contributed by atoms with Gasteiger partial charge in [-0.2, -0.15) is 5.26 Å². The number of carbonyl (C=O) groups excluding carboxylic acids is 1. The van der Waals surface area contributed by atoms with E-state index in [1.54, 1.807) is 19.1 Å². The Morgan fingerprint density at radius 2 is 1.90 bits per heavy atom. The molecule has 1 heterocycles. The minimum Gasteiger partial charge on any atom is -0.508 e. The molecule has 1 N–H and O–H groups in total. The second-order valence-corrected chi connectivity index (χ2v) is 5.14. The number of allylic oxidation sites excluding steroid dienone is 1. The SMILES string of the molecule is CC(C#N)=CCN1CCN(C(=O)c2ccc(O)cc2)CC1. The van der Waals surface area contributed by atoms with Crippen LogP contribution in [0.15, 0.2) is 35.9 Å². The number of nitriles is 1. The van der Waals surface area contributed by atoms with E-state index in [1.807, 2.05) is 11.0 Å². The summed E-state index contributed by atoms with van der Waals surface area (Å²) in [6.45, 7) is 5.52. The van der Waals surface area contributed by atoms with Gasteiger partial charge in [0.25, 0.3) is 5.91 Å². The summed E-state index contributed by atoms with van der Waals surface area (Å²) in [5.74, 6) is 0.161. The van der Waals surface area contributed by atoms with E-state index in [2.05, 4.69) is 11.0 Å². The summed E-state index contributed by atoms with van der Waals surface area (Å²) >= 11 is 0. The first-order chi connectivity index (χ1) is 10.1. The molecule has 1 aliphatic rings. The zero-order valence-corrected chi connectivity index (χ0v) is 12.1. The lowest BCUT2D eigenvalue weighted by molar-refractivity contribution is 0.0650. The highest BCUT2D eigenvalue weighted by atomic mass is 16.3. The number of benzene rings is 1. The Hall–Kier alpha value is -2.32. The zero-order chi connectivity index (χ0) is 15.2. The van der Waals surface area contributed by atoms with Crippen LogP contribution in [0.5, 0.6) is 5.75 Å². The Morgan fingerprint density at radius 1 is 1.29 bits per heavy atom. The van der Waals surface area contributed by atoms with Gasteiger partial charge in [-0.05, 0) is 31.2 Å². The third kappa shape index (κ3) is 4.07.